The predicted octanol–water partition coefficient (Wildman–Crippen LogP) is 2.25. The van der Waals surface area contributed by atoms with E-state index in [1.54, 1.807) is 6.92 Å². The molecule has 0 saturated heterocycles. The number of ketones is 1. The molecule has 0 heterocycles. The lowest BCUT2D eigenvalue weighted by Gasteiger charge is -2.33. The fraction of sp³-hybridized carbons (Fsp3) is 0.692. The molecule has 0 amide bonds. The van der Waals surface area contributed by atoms with Crippen LogP contribution in [-0.2, 0) is 14.3 Å². The quantitative estimate of drug-likeness (QED) is 0.531. The van der Waals surface area contributed by atoms with E-state index >= 15 is 0 Å². The number of hydrogen-bond donors (Lipinski definition) is 0. The fourth-order valence-electron chi connectivity index (χ4n) is 3.14. The summed E-state index contributed by atoms with van der Waals surface area (Å²) >= 11 is 0. The average Bonchev–Trinajstić information content (AvgIpc) is 2.81. The van der Waals surface area contributed by atoms with Crippen molar-refractivity contribution in [2.75, 3.05) is 0 Å². The van der Waals surface area contributed by atoms with Crippen LogP contribution in [0.15, 0.2) is 11.6 Å². The molecule has 2 aliphatic carbocycles. The van der Waals surface area contributed by atoms with E-state index in [-0.39, 0.29) is 29.2 Å². The minimum Gasteiger partial charge on any atom is -0.458 e. The number of hydrogen-bond acceptors (Lipinski definition) is 3. The summed E-state index contributed by atoms with van der Waals surface area (Å²) in [6.07, 6.45) is 4.79. The zero-order valence-electron chi connectivity index (χ0n) is 10.1. The predicted molar refractivity (Wildman–Crippen MR) is 59.8 cm³/mol. The van der Waals surface area contributed by atoms with Crippen molar-refractivity contribution in [2.24, 2.45) is 11.3 Å². The number of Topliss-reactive ketones (excluding diaryl/α,β-unsaturated/α-hetero) is 1. The van der Waals surface area contributed by atoms with Gasteiger partial charge in [-0.05, 0) is 44.6 Å². The summed E-state index contributed by atoms with van der Waals surface area (Å²) in [4.78, 5) is 22.6. The molecule has 88 valence electrons. The van der Waals surface area contributed by atoms with Gasteiger partial charge < -0.3 is 4.74 Å². The number of allylic oxidation sites excluding steroid dienone is 1. The monoisotopic (exact) mass is 222 g/mol. The van der Waals surface area contributed by atoms with Crippen LogP contribution in [0.25, 0.3) is 0 Å². The molecule has 2 unspecified atom stereocenters. The van der Waals surface area contributed by atoms with E-state index in [1.165, 1.54) is 6.92 Å². The molecule has 1 fully saturated rings. The Morgan fingerprint density at radius 1 is 1.38 bits per heavy atom. The van der Waals surface area contributed by atoms with Gasteiger partial charge in [-0.3, -0.25) is 9.59 Å². The molecule has 2 atom stereocenters. The molecule has 2 rings (SSSR count). The van der Waals surface area contributed by atoms with Crippen molar-refractivity contribution in [3.05, 3.63) is 11.6 Å². The van der Waals surface area contributed by atoms with Crippen LogP contribution < -0.4 is 0 Å². The van der Waals surface area contributed by atoms with Crippen LogP contribution in [0.1, 0.15) is 40.0 Å². The van der Waals surface area contributed by atoms with E-state index in [9.17, 15) is 9.59 Å². The molecule has 0 aliphatic heterocycles. The van der Waals surface area contributed by atoms with Crippen LogP contribution in [0, 0.1) is 11.3 Å². The van der Waals surface area contributed by atoms with E-state index in [4.69, 9.17) is 4.74 Å². The van der Waals surface area contributed by atoms with Crippen LogP contribution >= 0.6 is 0 Å². The first kappa shape index (κ1) is 11.4. The van der Waals surface area contributed by atoms with E-state index in [2.05, 4.69) is 0 Å². The van der Waals surface area contributed by atoms with Gasteiger partial charge >= 0.3 is 5.97 Å². The van der Waals surface area contributed by atoms with Crippen LogP contribution in [0.4, 0.5) is 0 Å². The molecule has 0 N–H and O–H groups in total. The molecule has 1 spiro atoms. The summed E-state index contributed by atoms with van der Waals surface area (Å²) in [5, 5.41) is 0. The first-order valence-electron chi connectivity index (χ1n) is 5.81. The molecule has 0 bridgehead atoms. The minimum absolute atomic E-state index is 0.0549. The minimum atomic E-state index is -0.244. The molecule has 2 aliphatic rings. The van der Waals surface area contributed by atoms with Gasteiger partial charge in [0.25, 0.3) is 0 Å². The molecule has 16 heavy (non-hydrogen) atoms. The van der Waals surface area contributed by atoms with Gasteiger partial charge in [-0.1, -0.05) is 5.57 Å². The molecular weight excluding hydrogens is 204 g/mol. The lowest BCUT2D eigenvalue weighted by molar-refractivity contribution is -0.145. The largest absolute Gasteiger partial charge is 0.458 e. The Morgan fingerprint density at radius 3 is 2.44 bits per heavy atom. The third-order valence-corrected chi connectivity index (χ3v) is 3.74. The summed E-state index contributed by atoms with van der Waals surface area (Å²) in [6, 6.07) is 0. The maximum Gasteiger partial charge on any atom is 0.303 e. The highest BCUT2D eigenvalue weighted by atomic mass is 16.5. The fourth-order valence-corrected chi connectivity index (χ4v) is 3.14. The van der Waals surface area contributed by atoms with E-state index in [0.717, 1.165) is 24.8 Å². The van der Waals surface area contributed by atoms with Gasteiger partial charge in [0.2, 0.25) is 0 Å². The highest BCUT2D eigenvalue weighted by molar-refractivity contribution is 5.83. The van der Waals surface area contributed by atoms with E-state index in [1.807, 2.05) is 13.0 Å². The first-order valence-corrected chi connectivity index (χ1v) is 5.81. The summed E-state index contributed by atoms with van der Waals surface area (Å²) in [6.45, 7) is 5.07. The molecule has 3 nitrogen and oxygen atoms in total. The molecule has 0 aromatic heterocycles. The Labute approximate surface area is 95.9 Å². The normalized spacial score (nSPS) is 30.8. The molecule has 1 saturated carbocycles. The second kappa shape index (κ2) is 3.72. The van der Waals surface area contributed by atoms with Gasteiger partial charge in [0.1, 0.15) is 11.9 Å². The lowest BCUT2D eigenvalue weighted by Crippen LogP contribution is -2.34. The molecule has 0 aromatic carbocycles. The average molecular weight is 222 g/mol. The highest BCUT2D eigenvalue weighted by Gasteiger charge is 2.54. The number of esters is 1. The molecule has 3 heteroatoms. The van der Waals surface area contributed by atoms with Gasteiger partial charge in [-0.2, -0.15) is 0 Å². The number of carbonyl (C=O) groups excluding carboxylic acids is 2. The van der Waals surface area contributed by atoms with Crippen LogP contribution in [0.5, 0.6) is 0 Å². The van der Waals surface area contributed by atoms with Crippen LogP contribution in [0.3, 0.4) is 0 Å². The number of ether oxygens (including phenoxy) is 1. The van der Waals surface area contributed by atoms with Gasteiger partial charge in [-0.25, -0.2) is 0 Å². The second-order valence-electron chi connectivity index (χ2n) is 5.17. The standard InChI is InChI=1S/C13H18O3/c1-8-6-11(16-10(3)15)7-13(4-5-13)12(8)9(2)14/h6,11-12H,4-5,7H2,1-3H3. The number of carbonyl (C=O) groups is 2. The topological polar surface area (TPSA) is 43.4 Å². The van der Waals surface area contributed by atoms with Crippen molar-refractivity contribution >= 4 is 11.8 Å². The SMILES string of the molecule is CC(=O)OC1C=C(C)C(C(C)=O)C2(CC2)C1. The van der Waals surface area contributed by atoms with E-state index < -0.39 is 0 Å². The lowest BCUT2D eigenvalue weighted by atomic mass is 9.73. The second-order valence-corrected chi connectivity index (χ2v) is 5.17. The van der Waals surface area contributed by atoms with Crippen molar-refractivity contribution in [1.29, 1.82) is 0 Å². The van der Waals surface area contributed by atoms with Gasteiger partial charge in [-0.15, -0.1) is 0 Å². The van der Waals surface area contributed by atoms with Crippen molar-refractivity contribution in [3.8, 4) is 0 Å². The Hall–Kier alpha value is -1.12. The summed E-state index contributed by atoms with van der Waals surface area (Å²) in [5.41, 5.74) is 1.17. The third kappa shape index (κ3) is 1.91. The number of rotatable bonds is 2. The Morgan fingerprint density at radius 2 is 2.00 bits per heavy atom. The van der Waals surface area contributed by atoms with E-state index in [0.29, 0.717) is 0 Å². The van der Waals surface area contributed by atoms with Crippen LogP contribution in [0.2, 0.25) is 0 Å². The summed E-state index contributed by atoms with van der Waals surface area (Å²) < 4.78 is 5.24. The van der Waals surface area contributed by atoms with Crippen molar-refractivity contribution < 1.29 is 14.3 Å². The van der Waals surface area contributed by atoms with Crippen molar-refractivity contribution in [2.45, 2.75) is 46.1 Å². The Balaban J connectivity index is 2.21. The smallest absolute Gasteiger partial charge is 0.303 e. The molecular formula is C13H18O3. The Kier molecular flexibility index (Phi) is 2.64. The van der Waals surface area contributed by atoms with Crippen LogP contribution in [-0.4, -0.2) is 17.9 Å². The third-order valence-electron chi connectivity index (χ3n) is 3.74. The zero-order chi connectivity index (χ0) is 11.9. The summed E-state index contributed by atoms with van der Waals surface area (Å²) in [7, 11) is 0. The first-order chi connectivity index (χ1) is 7.44. The maximum absolute atomic E-state index is 11.6. The summed E-state index contributed by atoms with van der Waals surface area (Å²) in [5.74, 6) is 0.0537. The van der Waals surface area contributed by atoms with Crippen molar-refractivity contribution in [3.63, 3.8) is 0 Å². The van der Waals surface area contributed by atoms with Gasteiger partial charge in [0.05, 0.1) is 0 Å². The van der Waals surface area contributed by atoms with Gasteiger partial charge in [0, 0.05) is 12.8 Å². The maximum atomic E-state index is 11.6. The van der Waals surface area contributed by atoms with Crippen molar-refractivity contribution in [1.82, 2.24) is 0 Å². The zero-order valence-corrected chi connectivity index (χ0v) is 10.1. The van der Waals surface area contributed by atoms with Gasteiger partial charge in [0.15, 0.2) is 0 Å². The molecule has 0 aromatic rings. The Bertz CT molecular complexity index is 363. The molecule has 0 radical (unpaired) electrons. The highest BCUT2D eigenvalue weighted by Crippen LogP contribution is 2.60.